The lowest BCUT2D eigenvalue weighted by molar-refractivity contribution is 0.381. The van der Waals surface area contributed by atoms with Crippen LogP contribution in [0, 0.1) is 5.41 Å². The van der Waals surface area contributed by atoms with Crippen molar-refractivity contribution >= 4 is 16.4 Å². The maximum atomic E-state index is 8.74. The Bertz CT molecular complexity index is 457. The van der Waals surface area contributed by atoms with Crippen molar-refractivity contribution in [2.45, 2.75) is 6.54 Å². The zero-order valence-electron chi connectivity index (χ0n) is 9.94. The Morgan fingerprint density at radius 2 is 2.05 bits per heavy atom. The average molecular weight is 292 g/mol. The maximum Gasteiger partial charge on any atom is 0.394 e. The summed E-state index contributed by atoms with van der Waals surface area (Å²) in [5.74, 6) is -0.00805. The smallest absolute Gasteiger partial charge is 0.370 e. The molecule has 19 heavy (non-hydrogen) atoms. The van der Waals surface area contributed by atoms with Crippen molar-refractivity contribution in [1.29, 1.82) is 5.41 Å². The zero-order chi connectivity index (χ0) is 14.7. The van der Waals surface area contributed by atoms with Crippen molar-refractivity contribution in [3.8, 4) is 0 Å². The predicted octanol–water partition coefficient (Wildman–Crippen LogP) is -1.60. The van der Waals surface area contributed by atoms with Crippen LogP contribution in [0.4, 0.5) is 0 Å². The lowest BCUT2D eigenvalue weighted by Crippen LogP contribution is -2.35. The summed E-state index contributed by atoms with van der Waals surface area (Å²) in [7, 11) is -4.67. The molecule has 0 aliphatic heterocycles. The van der Waals surface area contributed by atoms with Crippen LogP contribution in [-0.4, -0.2) is 46.8 Å². The fraction of sp³-hybridized carbons (Fsp3) is 0.375. The van der Waals surface area contributed by atoms with E-state index in [-0.39, 0.29) is 5.96 Å². The molecule has 10 nitrogen and oxygen atoms in total. The second-order valence-electron chi connectivity index (χ2n) is 3.18. The Kier molecular flexibility index (Phi) is 8.28. The molecule has 0 spiro atoms. The van der Waals surface area contributed by atoms with Crippen LogP contribution >= 0.6 is 0 Å². The molecule has 0 aliphatic carbocycles. The predicted molar refractivity (Wildman–Crippen MR) is 67.8 cm³/mol. The van der Waals surface area contributed by atoms with Crippen molar-refractivity contribution < 1.29 is 17.5 Å². The molecular formula is C8H16N6O4S. The normalized spacial score (nSPS) is 10.2. The third-order valence-electron chi connectivity index (χ3n) is 1.55. The van der Waals surface area contributed by atoms with Crippen LogP contribution in [0.2, 0.25) is 0 Å². The van der Waals surface area contributed by atoms with Crippen molar-refractivity contribution in [2.24, 2.45) is 5.73 Å². The minimum atomic E-state index is -4.67. The third kappa shape index (κ3) is 16.2. The summed E-state index contributed by atoms with van der Waals surface area (Å²) >= 11 is 0. The number of nitrogens with two attached hydrogens (primary N) is 1. The molecule has 0 atom stereocenters. The minimum absolute atomic E-state index is 0.00805. The number of rotatable bonds is 5. The van der Waals surface area contributed by atoms with E-state index in [2.05, 4.69) is 20.8 Å². The Labute approximate surface area is 110 Å². The fourth-order valence-electron chi connectivity index (χ4n) is 0.930. The van der Waals surface area contributed by atoms with Gasteiger partial charge in [0.25, 0.3) is 0 Å². The first-order valence-corrected chi connectivity index (χ1v) is 6.44. The zero-order valence-corrected chi connectivity index (χ0v) is 10.8. The second kappa shape index (κ2) is 9.16. The van der Waals surface area contributed by atoms with E-state index in [4.69, 9.17) is 28.7 Å². The van der Waals surface area contributed by atoms with Crippen molar-refractivity contribution in [1.82, 2.24) is 20.8 Å². The molecule has 7 N–H and O–H groups in total. The van der Waals surface area contributed by atoms with Crippen molar-refractivity contribution in [3.63, 3.8) is 0 Å². The van der Waals surface area contributed by atoms with Crippen LogP contribution in [0.25, 0.3) is 0 Å². The van der Waals surface area contributed by atoms with Crippen LogP contribution in [0.5, 0.6) is 0 Å². The number of nitrogens with zero attached hydrogens (tertiary/aromatic N) is 2. The summed E-state index contributed by atoms with van der Waals surface area (Å²) in [5.41, 5.74) is 6.01. The van der Waals surface area contributed by atoms with E-state index in [1.165, 1.54) is 0 Å². The highest BCUT2D eigenvalue weighted by Gasteiger charge is 1.92. The number of aromatic nitrogens is 2. The van der Waals surface area contributed by atoms with Crippen LogP contribution in [0.1, 0.15) is 5.69 Å². The van der Waals surface area contributed by atoms with Gasteiger partial charge in [0.2, 0.25) is 0 Å². The summed E-state index contributed by atoms with van der Waals surface area (Å²) in [4.78, 5) is 0. The van der Waals surface area contributed by atoms with E-state index >= 15 is 0 Å². The Balaban J connectivity index is 0.000000555. The molecular weight excluding hydrogens is 276 g/mol. The summed E-state index contributed by atoms with van der Waals surface area (Å²) in [5, 5.41) is 20.4. The molecule has 1 aromatic rings. The number of nitrogens with one attached hydrogen (secondary N) is 3. The van der Waals surface area contributed by atoms with Gasteiger partial charge in [-0.2, -0.15) is 18.6 Å². The molecule has 0 aliphatic rings. The van der Waals surface area contributed by atoms with Crippen LogP contribution in [-0.2, 0) is 16.9 Å². The molecule has 0 bridgehead atoms. The Morgan fingerprint density at radius 1 is 1.42 bits per heavy atom. The molecule has 11 heteroatoms. The Hall–Kier alpha value is -1.82. The maximum absolute atomic E-state index is 8.74. The number of hydrogen-bond donors (Lipinski definition) is 6. The van der Waals surface area contributed by atoms with Gasteiger partial charge in [-0.3, -0.25) is 14.5 Å². The highest BCUT2D eigenvalue weighted by molar-refractivity contribution is 7.79. The molecule has 1 heterocycles. The molecule has 1 aromatic heterocycles. The van der Waals surface area contributed by atoms with Gasteiger partial charge in [-0.15, -0.1) is 0 Å². The monoisotopic (exact) mass is 292 g/mol. The summed E-state index contributed by atoms with van der Waals surface area (Å²) in [6, 6.07) is 3.75. The molecule has 0 radical (unpaired) electrons. The topological polar surface area (TPSA) is 174 Å². The SMILES string of the molecule is N=C(N)NCCNCc1cccnn1.O=S(=O)(O)O. The van der Waals surface area contributed by atoms with Gasteiger partial charge in [0.15, 0.2) is 5.96 Å². The minimum Gasteiger partial charge on any atom is -0.370 e. The van der Waals surface area contributed by atoms with E-state index < -0.39 is 10.4 Å². The molecule has 0 saturated heterocycles. The van der Waals surface area contributed by atoms with Gasteiger partial charge in [0.1, 0.15) is 0 Å². The van der Waals surface area contributed by atoms with Crippen molar-refractivity contribution in [3.05, 3.63) is 24.0 Å². The number of hydrogen-bond acceptors (Lipinski definition) is 6. The van der Waals surface area contributed by atoms with Crippen molar-refractivity contribution in [2.75, 3.05) is 13.1 Å². The Morgan fingerprint density at radius 3 is 2.53 bits per heavy atom. The lowest BCUT2D eigenvalue weighted by atomic mass is 10.4. The van der Waals surface area contributed by atoms with Gasteiger partial charge in [-0.05, 0) is 12.1 Å². The third-order valence-corrected chi connectivity index (χ3v) is 1.55. The highest BCUT2D eigenvalue weighted by atomic mass is 32.3. The molecule has 0 fully saturated rings. The quantitative estimate of drug-likeness (QED) is 0.161. The van der Waals surface area contributed by atoms with Crippen LogP contribution < -0.4 is 16.4 Å². The van der Waals surface area contributed by atoms with Gasteiger partial charge < -0.3 is 16.4 Å². The molecule has 0 amide bonds. The van der Waals surface area contributed by atoms with E-state index in [9.17, 15) is 0 Å². The first-order valence-electron chi connectivity index (χ1n) is 5.04. The highest BCUT2D eigenvalue weighted by Crippen LogP contribution is 1.88. The van der Waals surface area contributed by atoms with Gasteiger partial charge >= 0.3 is 10.4 Å². The lowest BCUT2D eigenvalue weighted by Gasteiger charge is -2.04. The van der Waals surface area contributed by atoms with E-state index in [0.717, 1.165) is 12.2 Å². The standard InChI is InChI=1S/C8H14N6.H2O4S/c9-8(10)12-5-4-11-6-7-2-1-3-13-14-7;1-5(2,3)4/h1-3,11H,4-6H2,(H4,9,10,12);(H2,1,2,3,4). The van der Waals surface area contributed by atoms with Crippen LogP contribution in [0.15, 0.2) is 18.3 Å². The van der Waals surface area contributed by atoms with E-state index in [1.807, 2.05) is 12.1 Å². The van der Waals surface area contributed by atoms with Gasteiger partial charge in [0, 0.05) is 25.8 Å². The number of guanidine groups is 1. The van der Waals surface area contributed by atoms with Gasteiger partial charge in [-0.1, -0.05) is 0 Å². The van der Waals surface area contributed by atoms with E-state index in [1.54, 1.807) is 6.20 Å². The first-order chi connectivity index (χ1) is 8.79. The molecule has 108 valence electrons. The van der Waals surface area contributed by atoms with Crippen LogP contribution in [0.3, 0.4) is 0 Å². The van der Waals surface area contributed by atoms with E-state index in [0.29, 0.717) is 13.1 Å². The fourth-order valence-corrected chi connectivity index (χ4v) is 0.930. The summed E-state index contributed by atoms with van der Waals surface area (Å²) < 4.78 is 31.6. The summed E-state index contributed by atoms with van der Waals surface area (Å²) in [6.07, 6.45) is 1.64. The van der Waals surface area contributed by atoms with Gasteiger partial charge in [-0.25, -0.2) is 0 Å². The second-order valence-corrected chi connectivity index (χ2v) is 4.08. The molecule has 0 aromatic carbocycles. The van der Waals surface area contributed by atoms with Gasteiger partial charge in [0.05, 0.1) is 5.69 Å². The average Bonchev–Trinajstić information content (AvgIpc) is 2.27. The summed E-state index contributed by atoms with van der Waals surface area (Å²) in [6.45, 7) is 2.04. The molecule has 0 unspecified atom stereocenters. The largest absolute Gasteiger partial charge is 0.394 e. The molecule has 1 rings (SSSR count). The first kappa shape index (κ1) is 17.2. The molecule has 0 saturated carbocycles.